The van der Waals surface area contributed by atoms with Gasteiger partial charge < -0.3 is 10.5 Å². The number of halogens is 3. The molecular formula is C23H19F3N6O. The molecule has 0 amide bonds. The van der Waals surface area contributed by atoms with Gasteiger partial charge in [-0.05, 0) is 41.3 Å². The fraction of sp³-hybridized carbons (Fsp3) is 0.217. The highest BCUT2D eigenvalue weighted by molar-refractivity contribution is 6.12. The molecule has 2 N–H and O–H groups in total. The van der Waals surface area contributed by atoms with E-state index in [9.17, 15) is 13.2 Å². The van der Waals surface area contributed by atoms with E-state index in [1.54, 1.807) is 24.5 Å². The highest BCUT2D eigenvalue weighted by Crippen LogP contribution is 2.43. The van der Waals surface area contributed by atoms with E-state index in [1.807, 2.05) is 29.2 Å². The average Bonchev–Trinajstić information content (AvgIpc) is 3.13. The lowest BCUT2D eigenvalue weighted by Crippen LogP contribution is -2.46. The van der Waals surface area contributed by atoms with E-state index in [-0.39, 0.29) is 5.75 Å². The van der Waals surface area contributed by atoms with Crippen molar-refractivity contribution >= 4 is 11.8 Å². The third-order valence-electron chi connectivity index (χ3n) is 5.62. The molecule has 0 radical (unpaired) electrons. The molecule has 10 heteroatoms. The molecule has 0 bridgehead atoms. The van der Waals surface area contributed by atoms with Crippen molar-refractivity contribution in [3.05, 3.63) is 78.4 Å². The molecule has 5 rings (SSSR count). The van der Waals surface area contributed by atoms with Crippen LogP contribution < -0.4 is 10.5 Å². The summed E-state index contributed by atoms with van der Waals surface area (Å²) in [6, 6.07) is 13.4. The number of amidine groups is 1. The van der Waals surface area contributed by atoms with Crippen LogP contribution in [-0.4, -0.2) is 46.1 Å². The number of benzene rings is 2. The fourth-order valence-corrected chi connectivity index (χ4v) is 4.24. The predicted octanol–water partition coefficient (Wildman–Crippen LogP) is 3.72. The Morgan fingerprint density at radius 1 is 0.970 bits per heavy atom. The molecule has 7 nitrogen and oxygen atoms in total. The van der Waals surface area contributed by atoms with Gasteiger partial charge in [-0.1, -0.05) is 30.3 Å². The zero-order valence-corrected chi connectivity index (χ0v) is 17.3. The Labute approximate surface area is 187 Å². The average molecular weight is 452 g/mol. The predicted molar refractivity (Wildman–Crippen MR) is 117 cm³/mol. The van der Waals surface area contributed by atoms with Gasteiger partial charge in [0.15, 0.2) is 11.5 Å². The van der Waals surface area contributed by atoms with Crippen LogP contribution in [0.4, 0.5) is 13.2 Å². The van der Waals surface area contributed by atoms with Crippen molar-refractivity contribution in [3.63, 3.8) is 0 Å². The Balaban J connectivity index is 1.67. The van der Waals surface area contributed by atoms with E-state index in [1.165, 1.54) is 18.5 Å². The van der Waals surface area contributed by atoms with Crippen LogP contribution in [0.15, 0.2) is 77.2 Å². The SMILES string of the molecule is NC1=N[C@](c2ccc(OC(F)(F)F)cc2)(c2cccc(-c3cncnc3)c2)C2=NCCCN12. The third-order valence-corrected chi connectivity index (χ3v) is 5.62. The summed E-state index contributed by atoms with van der Waals surface area (Å²) in [6.07, 6.45) is 0.925. The summed E-state index contributed by atoms with van der Waals surface area (Å²) in [7, 11) is 0. The zero-order valence-electron chi connectivity index (χ0n) is 17.3. The first kappa shape index (κ1) is 20.9. The molecule has 3 heterocycles. The zero-order chi connectivity index (χ0) is 23.1. The number of aliphatic imine (C=N–C) groups is 2. The molecule has 0 saturated heterocycles. The number of nitrogens with zero attached hydrogens (tertiary/aromatic N) is 5. The summed E-state index contributed by atoms with van der Waals surface area (Å²) in [6.45, 7) is 1.27. The molecule has 0 aliphatic carbocycles. The number of alkyl halides is 3. The Kier molecular flexibility index (Phi) is 4.99. The minimum Gasteiger partial charge on any atom is -0.406 e. The molecule has 1 atom stereocenters. The van der Waals surface area contributed by atoms with Crippen molar-refractivity contribution in [3.8, 4) is 16.9 Å². The van der Waals surface area contributed by atoms with E-state index < -0.39 is 11.9 Å². The number of nitrogens with two attached hydrogens (primary N) is 1. The van der Waals surface area contributed by atoms with Crippen molar-refractivity contribution in [2.75, 3.05) is 13.1 Å². The first-order valence-corrected chi connectivity index (χ1v) is 10.3. The van der Waals surface area contributed by atoms with Gasteiger partial charge in [0, 0.05) is 31.0 Å². The highest BCUT2D eigenvalue weighted by atomic mass is 19.4. The van der Waals surface area contributed by atoms with E-state index in [4.69, 9.17) is 15.7 Å². The number of ether oxygens (including phenoxy) is 1. The highest BCUT2D eigenvalue weighted by Gasteiger charge is 2.49. The van der Waals surface area contributed by atoms with Crippen molar-refractivity contribution in [1.82, 2.24) is 14.9 Å². The van der Waals surface area contributed by atoms with Gasteiger partial charge in [-0.2, -0.15) is 0 Å². The topological polar surface area (TPSA) is 89.0 Å². The van der Waals surface area contributed by atoms with Gasteiger partial charge in [-0.15, -0.1) is 13.2 Å². The maximum absolute atomic E-state index is 12.7. The lowest BCUT2D eigenvalue weighted by atomic mass is 9.81. The Hall–Kier alpha value is -3.95. The van der Waals surface area contributed by atoms with Gasteiger partial charge in [0.25, 0.3) is 0 Å². The standard InChI is InChI=1S/C23H19F3N6O/c24-23(25,26)33-19-7-5-17(6-8-19)22(20-30-9-2-10-32(20)21(27)31-22)18-4-1-3-15(11-18)16-12-28-14-29-13-16/h1,3-8,11-14H,2,9-10H2,(H2,27,31)/t22-/m1/s1. The van der Waals surface area contributed by atoms with Gasteiger partial charge >= 0.3 is 6.36 Å². The lowest BCUT2D eigenvalue weighted by Gasteiger charge is -2.33. The number of fused-ring (bicyclic) bond motifs is 1. The minimum absolute atomic E-state index is 0.311. The van der Waals surface area contributed by atoms with Crippen LogP contribution in [0.5, 0.6) is 5.75 Å². The van der Waals surface area contributed by atoms with Gasteiger partial charge in [0.05, 0.1) is 0 Å². The van der Waals surface area contributed by atoms with Crippen LogP contribution in [0.3, 0.4) is 0 Å². The maximum Gasteiger partial charge on any atom is 0.573 e. The number of guanidine groups is 1. The summed E-state index contributed by atoms with van der Waals surface area (Å²) < 4.78 is 42.0. The minimum atomic E-state index is -4.77. The monoisotopic (exact) mass is 452 g/mol. The van der Waals surface area contributed by atoms with Gasteiger partial charge in [-0.3, -0.25) is 9.89 Å². The largest absolute Gasteiger partial charge is 0.573 e. The number of hydrogen-bond acceptors (Lipinski definition) is 7. The molecule has 168 valence electrons. The number of aromatic nitrogens is 2. The Morgan fingerprint density at radius 3 is 2.45 bits per heavy atom. The summed E-state index contributed by atoms with van der Waals surface area (Å²) in [5.41, 5.74) is 8.29. The van der Waals surface area contributed by atoms with Crippen LogP contribution in [-0.2, 0) is 5.54 Å². The first-order chi connectivity index (χ1) is 15.9. The van der Waals surface area contributed by atoms with Crippen LogP contribution in [0, 0.1) is 0 Å². The van der Waals surface area contributed by atoms with Crippen molar-refractivity contribution in [2.24, 2.45) is 15.7 Å². The summed E-state index contributed by atoms with van der Waals surface area (Å²) in [4.78, 5) is 19.6. The smallest absolute Gasteiger partial charge is 0.406 e. The van der Waals surface area contributed by atoms with Gasteiger partial charge in [0.2, 0.25) is 0 Å². The quantitative estimate of drug-likeness (QED) is 0.652. The first-order valence-electron chi connectivity index (χ1n) is 10.3. The molecule has 33 heavy (non-hydrogen) atoms. The maximum atomic E-state index is 12.7. The van der Waals surface area contributed by atoms with E-state index in [0.29, 0.717) is 30.4 Å². The molecule has 0 fully saturated rings. The van der Waals surface area contributed by atoms with Crippen molar-refractivity contribution in [2.45, 2.75) is 18.3 Å². The van der Waals surface area contributed by atoms with E-state index in [2.05, 4.69) is 14.7 Å². The molecule has 0 saturated carbocycles. The summed E-state index contributed by atoms with van der Waals surface area (Å²) >= 11 is 0. The fourth-order valence-electron chi connectivity index (χ4n) is 4.24. The van der Waals surface area contributed by atoms with E-state index in [0.717, 1.165) is 23.1 Å². The third kappa shape index (κ3) is 3.77. The van der Waals surface area contributed by atoms with Gasteiger partial charge in [-0.25, -0.2) is 15.0 Å². The Bertz CT molecular complexity index is 1230. The normalized spacial score (nSPS) is 20.2. The molecule has 3 aromatic rings. The molecule has 2 aliphatic heterocycles. The molecule has 2 aliphatic rings. The van der Waals surface area contributed by atoms with Crippen molar-refractivity contribution < 1.29 is 17.9 Å². The van der Waals surface area contributed by atoms with Crippen LogP contribution in [0.1, 0.15) is 17.5 Å². The Morgan fingerprint density at radius 2 is 1.73 bits per heavy atom. The lowest BCUT2D eigenvalue weighted by molar-refractivity contribution is -0.274. The van der Waals surface area contributed by atoms with Crippen molar-refractivity contribution in [1.29, 1.82) is 0 Å². The molecule has 2 aromatic carbocycles. The molecular weight excluding hydrogens is 433 g/mol. The molecule has 1 aromatic heterocycles. The summed E-state index contributed by atoms with van der Waals surface area (Å²) in [5, 5.41) is 0. The van der Waals surface area contributed by atoms with Crippen LogP contribution >= 0.6 is 0 Å². The van der Waals surface area contributed by atoms with E-state index >= 15 is 0 Å². The van der Waals surface area contributed by atoms with Gasteiger partial charge in [0.1, 0.15) is 17.9 Å². The molecule has 0 spiro atoms. The molecule has 0 unspecified atom stereocenters. The van der Waals surface area contributed by atoms with Crippen LogP contribution in [0.25, 0.3) is 11.1 Å². The second-order valence-electron chi connectivity index (χ2n) is 7.67. The summed E-state index contributed by atoms with van der Waals surface area (Å²) in [5.74, 6) is 0.656. The second-order valence-corrected chi connectivity index (χ2v) is 7.67. The number of hydrogen-bond donors (Lipinski definition) is 1. The van der Waals surface area contributed by atoms with Crippen LogP contribution in [0.2, 0.25) is 0 Å². The number of rotatable bonds is 4. The second kappa shape index (κ2) is 7.88.